The molecule has 0 heterocycles. The van der Waals surface area contributed by atoms with E-state index in [0.29, 0.717) is 56.0 Å². The van der Waals surface area contributed by atoms with Crippen LogP contribution in [0.2, 0.25) is 0 Å². The number of unbranched alkanes of at least 4 members (excludes halogenated alkanes) is 21. The van der Waals surface area contributed by atoms with Crippen LogP contribution < -0.4 is 0 Å². The minimum atomic E-state index is -0.107. The van der Waals surface area contributed by atoms with Crippen LogP contribution in [0.4, 0.5) is 0 Å². The lowest BCUT2D eigenvalue weighted by molar-refractivity contribution is -0.149. The molecular weight excluding hydrogens is 685 g/mol. The van der Waals surface area contributed by atoms with Gasteiger partial charge < -0.3 is 9.47 Å². The van der Waals surface area contributed by atoms with Gasteiger partial charge in [-0.1, -0.05) is 135 Å². The smallest absolute Gasteiger partial charge is 0.306 e. The van der Waals surface area contributed by atoms with Crippen molar-refractivity contribution in [3.05, 3.63) is 24.3 Å². The Kier molecular flexibility index (Phi) is 39.7. The minimum Gasteiger partial charge on any atom is -0.469 e. The van der Waals surface area contributed by atoms with E-state index in [9.17, 15) is 19.2 Å². The van der Waals surface area contributed by atoms with Crippen LogP contribution in [0.5, 0.6) is 0 Å². The fraction of sp³-hybridized carbons (Fsp3) is 0.837. The highest BCUT2D eigenvalue weighted by molar-refractivity contribution is 5.79. The molecule has 0 spiro atoms. The summed E-state index contributed by atoms with van der Waals surface area (Å²) in [4.78, 5) is 47.8. The molecule has 0 amide bonds. The molecule has 0 aromatic heterocycles. The minimum absolute atomic E-state index is 0.00844. The summed E-state index contributed by atoms with van der Waals surface area (Å²) in [6.07, 6.45) is 45.3. The van der Waals surface area contributed by atoms with Gasteiger partial charge in [0.25, 0.3) is 0 Å². The Balaban J connectivity index is 3.78. The van der Waals surface area contributed by atoms with E-state index in [-0.39, 0.29) is 18.0 Å². The first-order chi connectivity index (χ1) is 26.8. The molecule has 0 aliphatic carbocycles. The number of ether oxygens (including phenoxy) is 2. The molecule has 0 aromatic carbocycles. The quantitative estimate of drug-likeness (QED) is 0.0349. The SMILES string of the molecule is CCCCCCC(C/C=C/CCCCCCCCC(=O)OC)OC(=O)CCCCCCCC=CCCCCCCCCC(=O)CCCCC(=O)CCC(C)C. The number of allylic oxidation sites excluding steroid dienone is 3. The normalized spacial score (nSPS) is 12.2. The van der Waals surface area contributed by atoms with Crippen LogP contribution in [0.15, 0.2) is 24.3 Å². The van der Waals surface area contributed by atoms with Gasteiger partial charge >= 0.3 is 11.9 Å². The van der Waals surface area contributed by atoms with E-state index in [2.05, 4.69) is 45.1 Å². The van der Waals surface area contributed by atoms with Gasteiger partial charge in [0.05, 0.1) is 7.11 Å². The highest BCUT2D eigenvalue weighted by Crippen LogP contribution is 2.17. The van der Waals surface area contributed by atoms with Gasteiger partial charge in [-0.25, -0.2) is 0 Å². The van der Waals surface area contributed by atoms with E-state index >= 15 is 0 Å². The second-order valence-electron chi connectivity index (χ2n) is 16.6. The number of Topliss-reactive ketones (excluding diaryl/α,β-unsaturated/α-hetero) is 2. The molecule has 1 atom stereocenters. The van der Waals surface area contributed by atoms with Crippen LogP contribution in [0.25, 0.3) is 0 Å². The number of rotatable bonds is 42. The highest BCUT2D eigenvalue weighted by Gasteiger charge is 2.13. The fourth-order valence-corrected chi connectivity index (χ4v) is 6.91. The summed E-state index contributed by atoms with van der Waals surface area (Å²) in [5.41, 5.74) is 0. The Bertz CT molecular complexity index is 966. The summed E-state index contributed by atoms with van der Waals surface area (Å²) in [5, 5.41) is 0. The molecule has 1 unspecified atom stereocenters. The van der Waals surface area contributed by atoms with Gasteiger partial charge in [0.15, 0.2) is 0 Å². The van der Waals surface area contributed by atoms with Gasteiger partial charge in [-0.3, -0.25) is 19.2 Å². The third-order valence-corrected chi connectivity index (χ3v) is 10.6. The van der Waals surface area contributed by atoms with Gasteiger partial charge in [0, 0.05) is 44.9 Å². The lowest BCUT2D eigenvalue weighted by Gasteiger charge is -2.16. The summed E-state index contributed by atoms with van der Waals surface area (Å²) in [5.74, 6) is 1.18. The zero-order valence-corrected chi connectivity index (χ0v) is 36.7. The average Bonchev–Trinajstić information content (AvgIpc) is 3.17. The fourth-order valence-electron chi connectivity index (χ4n) is 6.91. The van der Waals surface area contributed by atoms with Crippen molar-refractivity contribution in [2.75, 3.05) is 7.11 Å². The lowest BCUT2D eigenvalue weighted by atomic mass is 10.0. The Hall–Kier alpha value is -2.24. The van der Waals surface area contributed by atoms with Crippen LogP contribution in [-0.4, -0.2) is 36.7 Å². The molecule has 0 aromatic rings. The number of hydrogen-bond donors (Lipinski definition) is 0. The van der Waals surface area contributed by atoms with Crippen molar-refractivity contribution in [2.24, 2.45) is 5.92 Å². The highest BCUT2D eigenvalue weighted by atomic mass is 16.5. The molecule has 0 aliphatic rings. The molecule has 0 saturated carbocycles. The van der Waals surface area contributed by atoms with Gasteiger partial charge in [0.1, 0.15) is 17.7 Å². The Labute approximate surface area is 340 Å². The van der Waals surface area contributed by atoms with Crippen LogP contribution in [0.1, 0.15) is 245 Å². The van der Waals surface area contributed by atoms with Gasteiger partial charge in [-0.05, 0) is 95.8 Å². The molecule has 0 rings (SSSR count). The number of ketones is 2. The van der Waals surface area contributed by atoms with E-state index in [1.54, 1.807) is 0 Å². The first kappa shape index (κ1) is 52.8. The standard InChI is InChI=1S/C49H88O6/c1-5-6-7-29-38-47(39-30-25-21-17-15-19-22-26-31-40-48(52)54-4)55-49(53)41-32-27-23-18-14-12-10-8-9-11-13-16-20-24-28-35-45(50)36-33-34-37-46(51)43-42-44(2)3/h8,10,25,30,44,47H,5-7,9,11-24,26-29,31-43H2,1-4H3/b10-8?,30-25+. The molecule has 0 fully saturated rings. The third-order valence-electron chi connectivity index (χ3n) is 10.6. The average molecular weight is 773 g/mol. The number of hydrogen-bond acceptors (Lipinski definition) is 6. The maximum Gasteiger partial charge on any atom is 0.306 e. The third kappa shape index (κ3) is 41.2. The zero-order chi connectivity index (χ0) is 40.5. The number of methoxy groups -OCH3 is 1. The van der Waals surface area contributed by atoms with Gasteiger partial charge in [-0.2, -0.15) is 0 Å². The Morgan fingerprint density at radius 3 is 1.33 bits per heavy atom. The Morgan fingerprint density at radius 2 is 0.836 bits per heavy atom. The molecule has 0 bridgehead atoms. The van der Waals surface area contributed by atoms with Crippen molar-refractivity contribution in [3.8, 4) is 0 Å². The topological polar surface area (TPSA) is 86.7 Å². The molecule has 0 N–H and O–H groups in total. The van der Waals surface area contributed by atoms with E-state index in [1.165, 1.54) is 97.0 Å². The maximum absolute atomic E-state index is 12.6. The van der Waals surface area contributed by atoms with E-state index < -0.39 is 0 Å². The molecule has 6 heteroatoms. The predicted octanol–water partition coefficient (Wildman–Crippen LogP) is 14.7. The summed E-state index contributed by atoms with van der Waals surface area (Å²) >= 11 is 0. The van der Waals surface area contributed by atoms with Gasteiger partial charge in [0.2, 0.25) is 0 Å². The maximum atomic E-state index is 12.6. The van der Waals surface area contributed by atoms with Gasteiger partial charge in [-0.15, -0.1) is 0 Å². The molecular formula is C49H88O6. The van der Waals surface area contributed by atoms with Crippen molar-refractivity contribution in [3.63, 3.8) is 0 Å². The van der Waals surface area contributed by atoms with Crippen molar-refractivity contribution in [2.45, 2.75) is 252 Å². The number of carbonyl (C=O) groups is 4. The summed E-state index contributed by atoms with van der Waals surface area (Å²) in [6, 6.07) is 0. The predicted molar refractivity (Wildman–Crippen MR) is 232 cm³/mol. The molecule has 55 heavy (non-hydrogen) atoms. The van der Waals surface area contributed by atoms with Crippen molar-refractivity contribution in [1.82, 2.24) is 0 Å². The van der Waals surface area contributed by atoms with Crippen molar-refractivity contribution >= 4 is 23.5 Å². The van der Waals surface area contributed by atoms with Crippen molar-refractivity contribution < 1.29 is 28.7 Å². The summed E-state index contributed by atoms with van der Waals surface area (Å²) in [6.45, 7) is 6.53. The zero-order valence-electron chi connectivity index (χ0n) is 36.7. The second-order valence-corrected chi connectivity index (χ2v) is 16.6. The molecule has 0 saturated heterocycles. The Morgan fingerprint density at radius 1 is 0.436 bits per heavy atom. The van der Waals surface area contributed by atoms with Crippen LogP contribution in [0, 0.1) is 5.92 Å². The van der Waals surface area contributed by atoms with E-state index in [4.69, 9.17) is 9.47 Å². The first-order valence-corrected chi connectivity index (χ1v) is 23.4. The molecule has 0 radical (unpaired) electrons. The van der Waals surface area contributed by atoms with E-state index in [1.807, 2.05) is 0 Å². The summed E-state index contributed by atoms with van der Waals surface area (Å²) < 4.78 is 10.6. The largest absolute Gasteiger partial charge is 0.469 e. The lowest BCUT2D eigenvalue weighted by Crippen LogP contribution is -2.17. The van der Waals surface area contributed by atoms with Crippen LogP contribution in [0.3, 0.4) is 0 Å². The van der Waals surface area contributed by atoms with Crippen LogP contribution in [-0.2, 0) is 28.7 Å². The molecule has 0 aliphatic heterocycles. The summed E-state index contributed by atoms with van der Waals surface area (Å²) in [7, 11) is 1.45. The van der Waals surface area contributed by atoms with E-state index in [0.717, 1.165) is 96.3 Å². The number of esters is 2. The van der Waals surface area contributed by atoms with Crippen molar-refractivity contribution in [1.29, 1.82) is 0 Å². The number of carbonyl (C=O) groups excluding carboxylic acids is 4. The monoisotopic (exact) mass is 773 g/mol. The van der Waals surface area contributed by atoms with Crippen LogP contribution >= 0.6 is 0 Å². The second kappa shape index (κ2) is 41.4. The molecule has 320 valence electrons. The molecule has 6 nitrogen and oxygen atoms in total. The first-order valence-electron chi connectivity index (χ1n) is 23.4.